The predicted octanol–water partition coefficient (Wildman–Crippen LogP) is 1.51. The van der Waals surface area contributed by atoms with Crippen LogP contribution in [0.5, 0.6) is 5.88 Å². The van der Waals surface area contributed by atoms with Crippen molar-refractivity contribution >= 4 is 5.97 Å². The van der Waals surface area contributed by atoms with Gasteiger partial charge in [0.25, 0.3) is 0 Å². The summed E-state index contributed by atoms with van der Waals surface area (Å²) in [5.41, 5.74) is -0.00991. The Kier molecular flexibility index (Phi) is 3.76. The largest absolute Gasteiger partial charge is 0.477 e. The van der Waals surface area contributed by atoms with Crippen molar-refractivity contribution in [2.45, 2.75) is 45.0 Å². The minimum absolute atomic E-state index is 0.00991. The molecule has 0 aromatic carbocycles. The molecule has 2 unspecified atom stereocenters. The van der Waals surface area contributed by atoms with E-state index in [0.29, 0.717) is 0 Å². The molecule has 0 amide bonds. The Morgan fingerprint density at radius 2 is 2.11 bits per heavy atom. The first kappa shape index (κ1) is 12.8. The standard InChI is InChI=1S/C12H16N2O4/c1-7-3-9(4-8(2)17-7)18-11-10(12(15)16)5-13-6-14-11/h5-9H,3-4H2,1-2H3,(H,15,16). The molecule has 18 heavy (non-hydrogen) atoms. The summed E-state index contributed by atoms with van der Waals surface area (Å²) >= 11 is 0. The topological polar surface area (TPSA) is 81.5 Å². The molecule has 0 saturated carbocycles. The van der Waals surface area contributed by atoms with E-state index >= 15 is 0 Å². The first-order valence-electron chi connectivity index (χ1n) is 5.91. The molecule has 1 N–H and O–H groups in total. The average Bonchev–Trinajstić information content (AvgIpc) is 2.27. The zero-order valence-electron chi connectivity index (χ0n) is 10.4. The van der Waals surface area contributed by atoms with E-state index in [1.807, 2.05) is 13.8 Å². The molecule has 0 radical (unpaired) electrons. The summed E-state index contributed by atoms with van der Waals surface area (Å²) in [5, 5.41) is 9.01. The van der Waals surface area contributed by atoms with Crippen LogP contribution in [0.2, 0.25) is 0 Å². The fourth-order valence-corrected chi connectivity index (χ4v) is 2.16. The molecule has 0 bridgehead atoms. The van der Waals surface area contributed by atoms with Crippen LogP contribution in [0.1, 0.15) is 37.0 Å². The highest BCUT2D eigenvalue weighted by Crippen LogP contribution is 2.24. The maximum Gasteiger partial charge on any atom is 0.342 e. The number of carboxylic acid groups (broad SMARTS) is 1. The Morgan fingerprint density at radius 3 is 2.72 bits per heavy atom. The SMILES string of the molecule is CC1CC(Oc2ncncc2C(=O)O)CC(C)O1. The zero-order valence-corrected chi connectivity index (χ0v) is 10.4. The van der Waals surface area contributed by atoms with Crippen LogP contribution in [0.3, 0.4) is 0 Å². The third kappa shape index (κ3) is 2.95. The lowest BCUT2D eigenvalue weighted by molar-refractivity contribution is -0.0731. The number of ether oxygens (including phenoxy) is 2. The van der Waals surface area contributed by atoms with Crippen LogP contribution < -0.4 is 4.74 Å². The van der Waals surface area contributed by atoms with E-state index in [1.54, 1.807) is 0 Å². The van der Waals surface area contributed by atoms with Gasteiger partial charge in [0.1, 0.15) is 18.0 Å². The number of carbonyl (C=O) groups is 1. The third-order valence-electron chi connectivity index (χ3n) is 2.84. The molecule has 1 aromatic rings. The second kappa shape index (κ2) is 5.30. The Hall–Kier alpha value is -1.69. The smallest absolute Gasteiger partial charge is 0.342 e. The van der Waals surface area contributed by atoms with Crippen LogP contribution in [0.4, 0.5) is 0 Å². The summed E-state index contributed by atoms with van der Waals surface area (Å²) in [5.74, 6) is -0.956. The van der Waals surface area contributed by atoms with Crippen LogP contribution in [-0.4, -0.2) is 39.4 Å². The number of aromatic nitrogens is 2. The number of nitrogens with zero attached hydrogens (tertiary/aromatic N) is 2. The quantitative estimate of drug-likeness (QED) is 0.878. The van der Waals surface area contributed by atoms with Crippen LogP contribution >= 0.6 is 0 Å². The highest BCUT2D eigenvalue weighted by atomic mass is 16.5. The van der Waals surface area contributed by atoms with Crippen molar-refractivity contribution in [2.75, 3.05) is 0 Å². The molecule has 2 atom stereocenters. The van der Waals surface area contributed by atoms with Crippen molar-refractivity contribution in [1.29, 1.82) is 0 Å². The first-order chi connectivity index (χ1) is 8.56. The molecule has 1 aromatic heterocycles. The molecule has 0 spiro atoms. The van der Waals surface area contributed by atoms with Crippen LogP contribution in [0.25, 0.3) is 0 Å². The van der Waals surface area contributed by atoms with E-state index in [4.69, 9.17) is 14.6 Å². The molecule has 1 aliphatic heterocycles. The first-order valence-corrected chi connectivity index (χ1v) is 5.91. The normalized spacial score (nSPS) is 27.8. The minimum atomic E-state index is -1.08. The molecule has 98 valence electrons. The molecule has 6 heteroatoms. The number of hydrogen-bond donors (Lipinski definition) is 1. The van der Waals surface area contributed by atoms with Gasteiger partial charge in [0.15, 0.2) is 0 Å². The van der Waals surface area contributed by atoms with E-state index < -0.39 is 5.97 Å². The molecular weight excluding hydrogens is 236 g/mol. The number of carboxylic acids is 1. The molecule has 2 heterocycles. The lowest BCUT2D eigenvalue weighted by atomic mass is 10.0. The number of hydrogen-bond acceptors (Lipinski definition) is 5. The highest BCUT2D eigenvalue weighted by Gasteiger charge is 2.27. The van der Waals surface area contributed by atoms with Crippen LogP contribution in [-0.2, 0) is 4.74 Å². The van der Waals surface area contributed by atoms with Gasteiger partial charge in [-0.3, -0.25) is 0 Å². The molecular formula is C12H16N2O4. The zero-order chi connectivity index (χ0) is 13.1. The maximum atomic E-state index is 11.0. The monoisotopic (exact) mass is 252 g/mol. The molecule has 6 nitrogen and oxygen atoms in total. The Morgan fingerprint density at radius 1 is 1.44 bits per heavy atom. The summed E-state index contributed by atoms with van der Waals surface area (Å²) < 4.78 is 11.3. The van der Waals surface area contributed by atoms with E-state index in [0.717, 1.165) is 12.8 Å². The summed E-state index contributed by atoms with van der Waals surface area (Å²) in [6.07, 6.45) is 4.13. The molecule has 0 aliphatic carbocycles. The average molecular weight is 252 g/mol. The van der Waals surface area contributed by atoms with Gasteiger partial charge in [-0.2, -0.15) is 0 Å². The van der Waals surface area contributed by atoms with Gasteiger partial charge >= 0.3 is 5.97 Å². The summed E-state index contributed by atoms with van der Waals surface area (Å²) in [7, 11) is 0. The van der Waals surface area contributed by atoms with E-state index in [-0.39, 0.29) is 29.8 Å². The fourth-order valence-electron chi connectivity index (χ4n) is 2.16. The van der Waals surface area contributed by atoms with Gasteiger partial charge < -0.3 is 14.6 Å². The van der Waals surface area contributed by atoms with Crippen molar-refractivity contribution in [3.05, 3.63) is 18.1 Å². The van der Waals surface area contributed by atoms with Crippen molar-refractivity contribution in [3.63, 3.8) is 0 Å². The second-order valence-corrected chi connectivity index (χ2v) is 4.52. The molecule has 1 fully saturated rings. The van der Waals surface area contributed by atoms with E-state index in [9.17, 15) is 4.79 Å². The molecule has 2 rings (SSSR count). The lowest BCUT2D eigenvalue weighted by Crippen LogP contribution is -2.36. The van der Waals surface area contributed by atoms with Crippen molar-refractivity contribution in [3.8, 4) is 5.88 Å². The molecule has 1 saturated heterocycles. The van der Waals surface area contributed by atoms with Crippen LogP contribution in [0, 0.1) is 0 Å². The highest BCUT2D eigenvalue weighted by molar-refractivity contribution is 5.89. The second-order valence-electron chi connectivity index (χ2n) is 4.52. The minimum Gasteiger partial charge on any atom is -0.477 e. The van der Waals surface area contributed by atoms with Crippen LogP contribution in [0.15, 0.2) is 12.5 Å². The lowest BCUT2D eigenvalue weighted by Gasteiger charge is -2.32. The van der Waals surface area contributed by atoms with Gasteiger partial charge in [-0.15, -0.1) is 0 Å². The summed E-state index contributed by atoms with van der Waals surface area (Å²) in [6.45, 7) is 3.95. The summed E-state index contributed by atoms with van der Waals surface area (Å²) in [4.78, 5) is 18.6. The molecule has 1 aliphatic rings. The van der Waals surface area contributed by atoms with Crippen molar-refractivity contribution < 1.29 is 19.4 Å². The van der Waals surface area contributed by atoms with Gasteiger partial charge in [0.2, 0.25) is 5.88 Å². The third-order valence-corrected chi connectivity index (χ3v) is 2.84. The predicted molar refractivity (Wildman–Crippen MR) is 62.7 cm³/mol. The van der Waals surface area contributed by atoms with Gasteiger partial charge in [0, 0.05) is 19.0 Å². The maximum absolute atomic E-state index is 11.0. The summed E-state index contributed by atoms with van der Waals surface area (Å²) in [6, 6.07) is 0. The van der Waals surface area contributed by atoms with E-state index in [1.165, 1.54) is 12.5 Å². The van der Waals surface area contributed by atoms with Gasteiger partial charge in [-0.1, -0.05) is 0 Å². The Bertz CT molecular complexity index is 428. The van der Waals surface area contributed by atoms with Crippen molar-refractivity contribution in [2.24, 2.45) is 0 Å². The Labute approximate surface area is 105 Å². The Balaban J connectivity index is 2.11. The van der Waals surface area contributed by atoms with Gasteiger partial charge in [0.05, 0.1) is 12.2 Å². The van der Waals surface area contributed by atoms with E-state index in [2.05, 4.69) is 9.97 Å². The number of rotatable bonds is 3. The fraction of sp³-hybridized carbons (Fsp3) is 0.583. The number of aromatic carboxylic acids is 1. The van der Waals surface area contributed by atoms with Gasteiger partial charge in [-0.05, 0) is 13.8 Å². The van der Waals surface area contributed by atoms with Crippen molar-refractivity contribution in [1.82, 2.24) is 9.97 Å². The van der Waals surface area contributed by atoms with Gasteiger partial charge in [-0.25, -0.2) is 14.8 Å².